The van der Waals surface area contributed by atoms with Gasteiger partial charge in [0.2, 0.25) is 0 Å². The predicted octanol–water partition coefficient (Wildman–Crippen LogP) is 1.02. The zero-order valence-corrected chi connectivity index (χ0v) is 12.4. The maximum absolute atomic E-state index is 5.57. The summed E-state index contributed by atoms with van der Waals surface area (Å²) in [5.41, 5.74) is 0. The van der Waals surface area contributed by atoms with Gasteiger partial charge in [-0.25, -0.2) is 0 Å². The molecule has 5 nitrogen and oxygen atoms in total. The standard InChI is InChI=1S/C14H29NO4/c1-14(2)13-15-3-5-16-7-9-18-11-12-19-10-8-17-6-4-15/h14H,3-13H2,1-2H3. The zero-order valence-electron chi connectivity index (χ0n) is 12.4. The molecular weight excluding hydrogens is 246 g/mol. The fraction of sp³-hybridized carbons (Fsp3) is 1.00. The number of hydrogen-bond donors (Lipinski definition) is 0. The highest BCUT2D eigenvalue weighted by Gasteiger charge is 2.07. The summed E-state index contributed by atoms with van der Waals surface area (Å²) in [5.74, 6) is 0.661. The van der Waals surface area contributed by atoms with Crippen molar-refractivity contribution in [2.75, 3.05) is 72.5 Å². The summed E-state index contributed by atoms with van der Waals surface area (Å²) in [6.07, 6.45) is 0. The molecular formula is C14H29NO4. The van der Waals surface area contributed by atoms with Gasteiger partial charge in [-0.15, -0.1) is 0 Å². The van der Waals surface area contributed by atoms with Gasteiger partial charge in [0.1, 0.15) is 0 Å². The van der Waals surface area contributed by atoms with Crippen LogP contribution >= 0.6 is 0 Å². The highest BCUT2D eigenvalue weighted by atomic mass is 16.6. The topological polar surface area (TPSA) is 40.2 Å². The highest BCUT2D eigenvalue weighted by Crippen LogP contribution is 1.99. The second-order valence-corrected chi connectivity index (χ2v) is 5.14. The summed E-state index contributed by atoms with van der Waals surface area (Å²) in [6, 6.07) is 0. The predicted molar refractivity (Wildman–Crippen MR) is 74.6 cm³/mol. The van der Waals surface area contributed by atoms with Crippen molar-refractivity contribution in [3.63, 3.8) is 0 Å². The number of hydrogen-bond acceptors (Lipinski definition) is 5. The van der Waals surface area contributed by atoms with E-state index in [1.165, 1.54) is 0 Å². The molecule has 0 aromatic heterocycles. The maximum atomic E-state index is 5.57. The molecule has 0 amide bonds. The van der Waals surface area contributed by atoms with Crippen molar-refractivity contribution in [2.45, 2.75) is 13.8 Å². The molecule has 19 heavy (non-hydrogen) atoms. The Morgan fingerprint density at radius 2 is 1.05 bits per heavy atom. The lowest BCUT2D eigenvalue weighted by molar-refractivity contribution is 0.00206. The first-order valence-electron chi connectivity index (χ1n) is 7.32. The molecule has 0 aliphatic carbocycles. The lowest BCUT2D eigenvalue weighted by Crippen LogP contribution is -2.34. The lowest BCUT2D eigenvalue weighted by atomic mass is 10.2. The monoisotopic (exact) mass is 275 g/mol. The Morgan fingerprint density at radius 3 is 1.42 bits per heavy atom. The van der Waals surface area contributed by atoms with Crippen molar-refractivity contribution in [1.29, 1.82) is 0 Å². The quantitative estimate of drug-likeness (QED) is 0.752. The Morgan fingerprint density at radius 1 is 0.684 bits per heavy atom. The first-order valence-corrected chi connectivity index (χ1v) is 7.32. The maximum Gasteiger partial charge on any atom is 0.0701 e. The first kappa shape index (κ1) is 16.9. The van der Waals surface area contributed by atoms with E-state index in [2.05, 4.69) is 18.7 Å². The Hall–Kier alpha value is -0.200. The van der Waals surface area contributed by atoms with E-state index in [0.717, 1.165) is 32.8 Å². The summed E-state index contributed by atoms with van der Waals surface area (Å²) >= 11 is 0. The van der Waals surface area contributed by atoms with Gasteiger partial charge in [0.05, 0.1) is 52.9 Å². The zero-order chi connectivity index (χ0) is 13.8. The molecule has 0 aromatic rings. The van der Waals surface area contributed by atoms with Gasteiger partial charge in [0.15, 0.2) is 0 Å². The van der Waals surface area contributed by atoms with E-state index < -0.39 is 0 Å². The van der Waals surface area contributed by atoms with Gasteiger partial charge in [-0.05, 0) is 5.92 Å². The van der Waals surface area contributed by atoms with Gasteiger partial charge in [-0.3, -0.25) is 4.90 Å². The SMILES string of the molecule is CC(C)CN1CCOCCOCCOCCOCC1. The number of ether oxygens (including phenoxy) is 4. The lowest BCUT2D eigenvalue weighted by Gasteiger charge is -2.24. The molecule has 0 spiro atoms. The minimum Gasteiger partial charge on any atom is -0.378 e. The number of nitrogens with zero attached hydrogens (tertiary/aromatic N) is 1. The van der Waals surface area contributed by atoms with Gasteiger partial charge in [-0.2, -0.15) is 0 Å². The van der Waals surface area contributed by atoms with E-state index >= 15 is 0 Å². The normalized spacial score (nSPS) is 22.9. The summed E-state index contributed by atoms with van der Waals surface area (Å²) in [5, 5.41) is 0. The van der Waals surface area contributed by atoms with Gasteiger partial charge in [-0.1, -0.05) is 13.8 Å². The van der Waals surface area contributed by atoms with E-state index in [-0.39, 0.29) is 0 Å². The van der Waals surface area contributed by atoms with Crippen LogP contribution in [0, 0.1) is 5.92 Å². The van der Waals surface area contributed by atoms with E-state index in [0.29, 0.717) is 45.6 Å². The molecule has 1 heterocycles. The van der Waals surface area contributed by atoms with Crippen LogP contribution in [-0.2, 0) is 18.9 Å². The van der Waals surface area contributed by atoms with Crippen molar-refractivity contribution in [3.05, 3.63) is 0 Å². The largest absolute Gasteiger partial charge is 0.378 e. The minimum atomic E-state index is 0.628. The van der Waals surface area contributed by atoms with Crippen LogP contribution in [-0.4, -0.2) is 77.4 Å². The first-order chi connectivity index (χ1) is 9.29. The molecule has 1 rings (SSSR count). The van der Waals surface area contributed by atoms with Crippen LogP contribution in [0.2, 0.25) is 0 Å². The summed E-state index contributed by atoms with van der Waals surface area (Å²) in [4.78, 5) is 2.39. The van der Waals surface area contributed by atoms with E-state index in [9.17, 15) is 0 Å². The van der Waals surface area contributed by atoms with Crippen LogP contribution in [0.4, 0.5) is 0 Å². The fourth-order valence-electron chi connectivity index (χ4n) is 1.96. The Bertz CT molecular complexity index is 186. The molecule has 0 bridgehead atoms. The highest BCUT2D eigenvalue weighted by molar-refractivity contribution is 4.60. The molecule has 0 saturated carbocycles. The smallest absolute Gasteiger partial charge is 0.0701 e. The molecule has 0 atom stereocenters. The third-order valence-electron chi connectivity index (χ3n) is 2.84. The summed E-state index contributed by atoms with van der Waals surface area (Å²) < 4.78 is 21.9. The second kappa shape index (κ2) is 11.6. The van der Waals surface area contributed by atoms with Crippen LogP contribution in [0.15, 0.2) is 0 Å². The van der Waals surface area contributed by atoms with Crippen LogP contribution in [0.25, 0.3) is 0 Å². The molecule has 0 aromatic carbocycles. The molecule has 0 N–H and O–H groups in total. The van der Waals surface area contributed by atoms with Crippen molar-refractivity contribution in [3.8, 4) is 0 Å². The van der Waals surface area contributed by atoms with E-state index in [1.807, 2.05) is 0 Å². The molecule has 5 heteroatoms. The van der Waals surface area contributed by atoms with E-state index in [4.69, 9.17) is 18.9 Å². The van der Waals surface area contributed by atoms with Crippen LogP contribution in [0.3, 0.4) is 0 Å². The third kappa shape index (κ3) is 10.3. The Balaban J connectivity index is 2.25. The summed E-state index contributed by atoms with van der Waals surface area (Å²) in [6.45, 7) is 12.8. The summed E-state index contributed by atoms with van der Waals surface area (Å²) in [7, 11) is 0. The fourth-order valence-corrected chi connectivity index (χ4v) is 1.96. The average Bonchev–Trinajstić information content (AvgIpc) is 2.38. The van der Waals surface area contributed by atoms with Crippen LogP contribution < -0.4 is 0 Å². The number of rotatable bonds is 2. The molecule has 0 unspecified atom stereocenters. The second-order valence-electron chi connectivity index (χ2n) is 5.14. The molecule has 1 fully saturated rings. The molecule has 1 aliphatic heterocycles. The average molecular weight is 275 g/mol. The molecule has 1 aliphatic rings. The van der Waals surface area contributed by atoms with Crippen molar-refractivity contribution in [2.24, 2.45) is 5.92 Å². The third-order valence-corrected chi connectivity index (χ3v) is 2.84. The Kier molecular flexibility index (Phi) is 10.3. The van der Waals surface area contributed by atoms with Gasteiger partial charge < -0.3 is 18.9 Å². The minimum absolute atomic E-state index is 0.628. The van der Waals surface area contributed by atoms with Gasteiger partial charge >= 0.3 is 0 Å². The van der Waals surface area contributed by atoms with Gasteiger partial charge in [0.25, 0.3) is 0 Å². The molecule has 1 saturated heterocycles. The van der Waals surface area contributed by atoms with Crippen molar-refractivity contribution >= 4 is 0 Å². The van der Waals surface area contributed by atoms with Crippen molar-refractivity contribution in [1.82, 2.24) is 4.90 Å². The van der Waals surface area contributed by atoms with Crippen LogP contribution in [0.1, 0.15) is 13.8 Å². The van der Waals surface area contributed by atoms with Crippen molar-refractivity contribution < 1.29 is 18.9 Å². The van der Waals surface area contributed by atoms with Crippen LogP contribution in [0.5, 0.6) is 0 Å². The van der Waals surface area contributed by atoms with E-state index in [1.54, 1.807) is 0 Å². The van der Waals surface area contributed by atoms with Gasteiger partial charge in [0, 0.05) is 19.6 Å². The Labute approximate surface area is 117 Å². The molecule has 0 radical (unpaired) electrons. The molecule has 114 valence electrons.